The van der Waals surface area contributed by atoms with Crippen molar-refractivity contribution in [2.75, 3.05) is 13.1 Å². The summed E-state index contributed by atoms with van der Waals surface area (Å²) >= 11 is 0. The van der Waals surface area contributed by atoms with E-state index in [9.17, 15) is 4.79 Å². The minimum Gasteiger partial charge on any atom is -0.342 e. The fraction of sp³-hybridized carbons (Fsp3) is 0.625. The molecule has 1 fully saturated rings. The summed E-state index contributed by atoms with van der Waals surface area (Å²) in [5, 5.41) is 8.25. The Morgan fingerprint density at radius 1 is 1.39 bits per heavy atom. The maximum Gasteiger partial charge on any atom is 0.231 e. The number of nitrogens with zero attached hydrogens (tertiary/aromatic N) is 5. The molecule has 0 bridgehead atoms. The number of aryl methyl sites for hydroxylation is 4. The Bertz CT molecular complexity index is 690. The lowest BCUT2D eigenvalue weighted by Gasteiger charge is -2.31. The van der Waals surface area contributed by atoms with Gasteiger partial charge in [0, 0.05) is 31.7 Å². The first-order valence-corrected chi connectivity index (χ1v) is 8.12. The number of aromatic nitrogens is 4. The Balaban J connectivity index is 1.57. The summed E-state index contributed by atoms with van der Waals surface area (Å²) in [6.45, 7) is 7.88. The molecular weight excluding hydrogens is 294 g/mol. The predicted molar refractivity (Wildman–Crippen MR) is 83.9 cm³/mol. The van der Waals surface area contributed by atoms with E-state index >= 15 is 0 Å². The standard InChI is InChI=1S/C16H23N5O2/c1-11-9-12(2)21(18-11)8-6-15(22)20-7-4-5-14(10-20)16-17-13(3)19-23-16/h9,14H,4-8,10H2,1-3H3/t14-/m0/s1. The number of carbonyl (C=O) groups is 1. The van der Waals surface area contributed by atoms with E-state index in [4.69, 9.17) is 4.52 Å². The van der Waals surface area contributed by atoms with Crippen molar-refractivity contribution in [1.82, 2.24) is 24.8 Å². The third-order valence-electron chi connectivity index (χ3n) is 4.31. The molecule has 2 aromatic heterocycles. The van der Waals surface area contributed by atoms with Gasteiger partial charge in [-0.2, -0.15) is 10.1 Å². The molecule has 3 heterocycles. The fourth-order valence-corrected chi connectivity index (χ4v) is 3.15. The Labute approximate surface area is 135 Å². The number of rotatable bonds is 4. The summed E-state index contributed by atoms with van der Waals surface area (Å²) in [7, 11) is 0. The Morgan fingerprint density at radius 2 is 2.22 bits per heavy atom. The zero-order valence-corrected chi connectivity index (χ0v) is 13.9. The average Bonchev–Trinajstić information content (AvgIpc) is 3.10. The van der Waals surface area contributed by atoms with Gasteiger partial charge >= 0.3 is 0 Å². The zero-order chi connectivity index (χ0) is 16.4. The van der Waals surface area contributed by atoms with Crippen LogP contribution in [-0.4, -0.2) is 43.8 Å². The van der Waals surface area contributed by atoms with E-state index in [2.05, 4.69) is 15.2 Å². The number of amides is 1. The molecule has 0 saturated carbocycles. The van der Waals surface area contributed by atoms with Gasteiger partial charge in [0.25, 0.3) is 0 Å². The van der Waals surface area contributed by atoms with Gasteiger partial charge in [0.05, 0.1) is 11.6 Å². The van der Waals surface area contributed by atoms with Crippen LogP contribution in [-0.2, 0) is 11.3 Å². The molecule has 0 N–H and O–H groups in total. The molecule has 0 aliphatic carbocycles. The fourth-order valence-electron chi connectivity index (χ4n) is 3.15. The lowest BCUT2D eigenvalue weighted by Crippen LogP contribution is -2.39. The third kappa shape index (κ3) is 3.60. The van der Waals surface area contributed by atoms with E-state index in [1.54, 1.807) is 0 Å². The highest BCUT2D eigenvalue weighted by atomic mass is 16.5. The Hall–Kier alpha value is -2.18. The Morgan fingerprint density at radius 3 is 2.87 bits per heavy atom. The first kappa shape index (κ1) is 15.7. The van der Waals surface area contributed by atoms with Crippen molar-refractivity contribution >= 4 is 5.91 Å². The van der Waals surface area contributed by atoms with Crippen LogP contribution in [0.1, 0.15) is 48.3 Å². The highest BCUT2D eigenvalue weighted by Crippen LogP contribution is 2.26. The van der Waals surface area contributed by atoms with Crippen molar-refractivity contribution in [2.45, 2.75) is 52.5 Å². The van der Waals surface area contributed by atoms with Gasteiger partial charge in [-0.25, -0.2) is 0 Å². The molecule has 0 aromatic carbocycles. The van der Waals surface area contributed by atoms with Crippen LogP contribution in [0.4, 0.5) is 0 Å². The summed E-state index contributed by atoms with van der Waals surface area (Å²) < 4.78 is 7.17. The molecule has 0 radical (unpaired) electrons. The van der Waals surface area contributed by atoms with Gasteiger partial charge in [0.2, 0.25) is 11.8 Å². The van der Waals surface area contributed by atoms with Crippen LogP contribution in [0.15, 0.2) is 10.6 Å². The van der Waals surface area contributed by atoms with Crippen LogP contribution in [0.2, 0.25) is 0 Å². The number of likely N-dealkylation sites (tertiary alicyclic amines) is 1. The van der Waals surface area contributed by atoms with Crippen LogP contribution in [0, 0.1) is 20.8 Å². The van der Waals surface area contributed by atoms with Crippen molar-refractivity contribution in [2.24, 2.45) is 0 Å². The van der Waals surface area contributed by atoms with Gasteiger partial charge in [-0.05, 0) is 39.7 Å². The molecule has 2 aromatic rings. The third-order valence-corrected chi connectivity index (χ3v) is 4.31. The maximum absolute atomic E-state index is 12.5. The second-order valence-corrected chi connectivity index (χ2v) is 6.26. The lowest BCUT2D eigenvalue weighted by atomic mass is 9.97. The van der Waals surface area contributed by atoms with Gasteiger partial charge in [0.15, 0.2) is 5.82 Å². The molecule has 1 aliphatic heterocycles. The molecule has 0 spiro atoms. The average molecular weight is 317 g/mol. The molecule has 0 unspecified atom stereocenters. The normalized spacial score (nSPS) is 18.4. The smallest absolute Gasteiger partial charge is 0.231 e. The number of hydrogen-bond acceptors (Lipinski definition) is 5. The summed E-state index contributed by atoms with van der Waals surface area (Å²) in [5.41, 5.74) is 2.08. The molecule has 1 amide bonds. The summed E-state index contributed by atoms with van der Waals surface area (Å²) in [6.07, 6.45) is 2.43. The van der Waals surface area contributed by atoms with E-state index in [0.717, 1.165) is 30.8 Å². The first-order chi connectivity index (χ1) is 11.0. The number of hydrogen-bond donors (Lipinski definition) is 0. The first-order valence-electron chi connectivity index (χ1n) is 8.12. The van der Waals surface area contributed by atoms with E-state index in [1.165, 1.54) is 0 Å². The summed E-state index contributed by atoms with van der Waals surface area (Å²) in [5.74, 6) is 1.62. The van der Waals surface area contributed by atoms with Gasteiger partial charge in [-0.1, -0.05) is 5.16 Å². The summed E-state index contributed by atoms with van der Waals surface area (Å²) in [6, 6.07) is 2.03. The number of carbonyl (C=O) groups excluding carboxylic acids is 1. The largest absolute Gasteiger partial charge is 0.342 e. The minimum atomic E-state index is 0.155. The van der Waals surface area contributed by atoms with E-state index < -0.39 is 0 Å². The van der Waals surface area contributed by atoms with Gasteiger partial charge in [0.1, 0.15) is 0 Å². The van der Waals surface area contributed by atoms with Crippen LogP contribution < -0.4 is 0 Å². The van der Waals surface area contributed by atoms with Crippen LogP contribution in [0.25, 0.3) is 0 Å². The lowest BCUT2D eigenvalue weighted by molar-refractivity contribution is -0.132. The molecular formula is C16H23N5O2. The number of piperidine rings is 1. The minimum absolute atomic E-state index is 0.155. The maximum atomic E-state index is 12.5. The molecule has 7 heteroatoms. The zero-order valence-electron chi connectivity index (χ0n) is 13.9. The second-order valence-electron chi connectivity index (χ2n) is 6.26. The van der Waals surface area contributed by atoms with Gasteiger partial charge < -0.3 is 9.42 Å². The van der Waals surface area contributed by atoms with E-state index in [0.29, 0.717) is 31.2 Å². The monoisotopic (exact) mass is 317 g/mol. The summed E-state index contributed by atoms with van der Waals surface area (Å²) in [4.78, 5) is 18.7. The van der Waals surface area contributed by atoms with E-state index in [-0.39, 0.29) is 11.8 Å². The van der Waals surface area contributed by atoms with Crippen LogP contribution in [0.5, 0.6) is 0 Å². The molecule has 124 valence electrons. The SMILES string of the molecule is Cc1cc(C)n(CCC(=O)N2CCC[C@H](c3nc(C)no3)C2)n1. The second kappa shape index (κ2) is 6.52. The van der Waals surface area contributed by atoms with Crippen LogP contribution >= 0.6 is 0 Å². The highest BCUT2D eigenvalue weighted by molar-refractivity contribution is 5.76. The van der Waals surface area contributed by atoms with Gasteiger partial charge in [-0.15, -0.1) is 0 Å². The topological polar surface area (TPSA) is 77.0 Å². The molecule has 1 saturated heterocycles. The predicted octanol–water partition coefficient (Wildman–Crippen LogP) is 1.99. The highest BCUT2D eigenvalue weighted by Gasteiger charge is 2.28. The molecule has 1 aliphatic rings. The molecule has 7 nitrogen and oxygen atoms in total. The molecule has 1 atom stereocenters. The van der Waals surface area contributed by atoms with Crippen molar-refractivity contribution < 1.29 is 9.32 Å². The quantitative estimate of drug-likeness (QED) is 0.862. The van der Waals surface area contributed by atoms with Crippen molar-refractivity contribution in [3.8, 4) is 0 Å². The Kier molecular flexibility index (Phi) is 4.45. The van der Waals surface area contributed by atoms with E-state index in [1.807, 2.05) is 36.4 Å². The van der Waals surface area contributed by atoms with Gasteiger partial charge in [-0.3, -0.25) is 9.48 Å². The van der Waals surface area contributed by atoms with Crippen molar-refractivity contribution in [3.05, 3.63) is 29.2 Å². The molecule has 3 rings (SSSR count). The molecule has 23 heavy (non-hydrogen) atoms. The van der Waals surface area contributed by atoms with Crippen LogP contribution in [0.3, 0.4) is 0 Å². The van der Waals surface area contributed by atoms with Crippen molar-refractivity contribution in [1.29, 1.82) is 0 Å². The van der Waals surface area contributed by atoms with Crippen molar-refractivity contribution in [3.63, 3.8) is 0 Å².